The lowest BCUT2D eigenvalue weighted by Crippen LogP contribution is -2.16. The highest BCUT2D eigenvalue weighted by Gasteiger charge is 2.25. The lowest BCUT2D eigenvalue weighted by molar-refractivity contribution is -0.385. The molecule has 1 heterocycles. The molecule has 0 radical (unpaired) electrons. The standard InChI is InChI=1S/C22H20N2O5S/c1-13-8-10-15(11-9-13)19-14(2)30-21(20(19)22(26)29-3)23-18(25)12-16-6-4-5-7-17(16)24(27)28/h4-11H,12H2,1-3H3,(H,23,25). The third-order valence-corrected chi connectivity index (χ3v) is 5.63. The van der Waals surface area contributed by atoms with Crippen molar-refractivity contribution in [3.63, 3.8) is 0 Å². The van der Waals surface area contributed by atoms with Crippen molar-refractivity contribution in [3.05, 3.63) is 80.2 Å². The summed E-state index contributed by atoms with van der Waals surface area (Å²) in [4.78, 5) is 36.7. The molecule has 1 N–H and O–H groups in total. The molecule has 0 aliphatic rings. The fraction of sp³-hybridized carbons (Fsp3) is 0.182. The van der Waals surface area contributed by atoms with Gasteiger partial charge in [0.05, 0.1) is 18.5 Å². The Morgan fingerprint density at radius 2 is 1.77 bits per heavy atom. The number of nitro benzene ring substituents is 1. The van der Waals surface area contributed by atoms with Crippen LogP contribution in [-0.4, -0.2) is 23.9 Å². The molecule has 0 unspecified atom stereocenters. The number of amides is 1. The van der Waals surface area contributed by atoms with Crippen LogP contribution >= 0.6 is 11.3 Å². The van der Waals surface area contributed by atoms with Crippen molar-refractivity contribution in [1.82, 2.24) is 0 Å². The molecule has 2 aromatic carbocycles. The van der Waals surface area contributed by atoms with E-state index in [1.165, 1.54) is 30.6 Å². The summed E-state index contributed by atoms with van der Waals surface area (Å²) in [5.41, 5.74) is 3.08. The Labute approximate surface area is 177 Å². The van der Waals surface area contributed by atoms with E-state index < -0.39 is 16.8 Å². The number of hydrogen-bond donors (Lipinski definition) is 1. The first kappa shape index (κ1) is 21.2. The van der Waals surface area contributed by atoms with Crippen molar-refractivity contribution in [3.8, 4) is 11.1 Å². The maximum Gasteiger partial charge on any atom is 0.341 e. The number of methoxy groups -OCH3 is 1. The number of ether oxygens (including phenoxy) is 1. The van der Waals surface area contributed by atoms with Crippen molar-refractivity contribution in [2.45, 2.75) is 20.3 Å². The highest BCUT2D eigenvalue weighted by atomic mass is 32.1. The largest absolute Gasteiger partial charge is 0.465 e. The van der Waals surface area contributed by atoms with Crippen LogP contribution in [0.5, 0.6) is 0 Å². The fourth-order valence-corrected chi connectivity index (χ4v) is 4.26. The van der Waals surface area contributed by atoms with Crippen LogP contribution in [0, 0.1) is 24.0 Å². The maximum absolute atomic E-state index is 12.6. The summed E-state index contributed by atoms with van der Waals surface area (Å²) < 4.78 is 4.95. The zero-order valence-electron chi connectivity index (χ0n) is 16.7. The van der Waals surface area contributed by atoms with Crippen molar-refractivity contribution in [2.75, 3.05) is 12.4 Å². The topological polar surface area (TPSA) is 98.5 Å². The number of benzene rings is 2. The van der Waals surface area contributed by atoms with Gasteiger partial charge in [0, 0.05) is 22.1 Å². The zero-order valence-corrected chi connectivity index (χ0v) is 17.5. The summed E-state index contributed by atoms with van der Waals surface area (Å²) in [7, 11) is 1.28. The first-order valence-electron chi connectivity index (χ1n) is 9.12. The number of nitrogens with zero attached hydrogens (tertiary/aromatic N) is 1. The summed E-state index contributed by atoms with van der Waals surface area (Å²) in [6, 6.07) is 13.8. The van der Waals surface area contributed by atoms with Crippen LogP contribution < -0.4 is 5.32 Å². The van der Waals surface area contributed by atoms with Crippen LogP contribution in [0.1, 0.15) is 26.4 Å². The number of nitro groups is 1. The Morgan fingerprint density at radius 3 is 2.40 bits per heavy atom. The molecule has 0 aliphatic heterocycles. The monoisotopic (exact) mass is 424 g/mol. The number of aryl methyl sites for hydroxylation is 2. The van der Waals surface area contributed by atoms with Gasteiger partial charge in [0.2, 0.25) is 5.91 Å². The molecule has 0 fully saturated rings. The summed E-state index contributed by atoms with van der Waals surface area (Å²) in [6.45, 7) is 3.84. The third-order valence-electron chi connectivity index (χ3n) is 4.61. The van der Waals surface area contributed by atoms with Gasteiger partial charge in [0.15, 0.2) is 0 Å². The van der Waals surface area contributed by atoms with Crippen molar-refractivity contribution < 1.29 is 19.2 Å². The average Bonchev–Trinajstić information content (AvgIpc) is 3.03. The molecule has 0 saturated carbocycles. The van der Waals surface area contributed by atoms with E-state index in [9.17, 15) is 19.7 Å². The molecule has 0 aliphatic carbocycles. The minimum atomic E-state index is -0.559. The number of hydrogen-bond acceptors (Lipinski definition) is 6. The molecule has 3 rings (SSSR count). The van der Waals surface area contributed by atoms with E-state index in [0.29, 0.717) is 16.1 Å². The molecule has 30 heavy (non-hydrogen) atoms. The van der Waals surface area contributed by atoms with Crippen molar-refractivity contribution in [2.24, 2.45) is 0 Å². The minimum Gasteiger partial charge on any atom is -0.465 e. The van der Waals surface area contributed by atoms with E-state index in [-0.39, 0.29) is 17.7 Å². The van der Waals surface area contributed by atoms with E-state index in [4.69, 9.17) is 4.74 Å². The van der Waals surface area contributed by atoms with E-state index in [2.05, 4.69) is 5.32 Å². The second-order valence-corrected chi connectivity index (χ2v) is 7.93. The minimum absolute atomic E-state index is 0.122. The lowest BCUT2D eigenvalue weighted by atomic mass is 10.0. The Hall–Kier alpha value is -3.52. The number of esters is 1. The van der Waals surface area contributed by atoms with Crippen LogP contribution in [0.15, 0.2) is 48.5 Å². The lowest BCUT2D eigenvalue weighted by Gasteiger charge is -2.09. The van der Waals surface area contributed by atoms with Gasteiger partial charge < -0.3 is 10.1 Å². The Balaban J connectivity index is 1.95. The maximum atomic E-state index is 12.6. The van der Waals surface area contributed by atoms with Gasteiger partial charge in [-0.25, -0.2) is 4.79 Å². The molecule has 7 nitrogen and oxygen atoms in total. The molecule has 1 amide bonds. The van der Waals surface area contributed by atoms with E-state index in [1.54, 1.807) is 12.1 Å². The molecule has 0 atom stereocenters. The van der Waals surface area contributed by atoms with Crippen LogP contribution in [0.2, 0.25) is 0 Å². The molecular weight excluding hydrogens is 404 g/mol. The first-order valence-corrected chi connectivity index (χ1v) is 9.94. The average molecular weight is 424 g/mol. The zero-order chi connectivity index (χ0) is 21.8. The normalized spacial score (nSPS) is 10.5. The van der Waals surface area contributed by atoms with Crippen LogP contribution in [0.3, 0.4) is 0 Å². The molecule has 8 heteroatoms. The number of rotatable bonds is 6. The highest BCUT2D eigenvalue weighted by Crippen LogP contribution is 2.40. The second-order valence-electron chi connectivity index (χ2n) is 6.71. The third kappa shape index (κ3) is 4.38. The number of carbonyl (C=O) groups excluding carboxylic acids is 2. The first-order chi connectivity index (χ1) is 14.3. The molecule has 0 bridgehead atoms. The number of anilines is 1. The summed E-state index contributed by atoms with van der Waals surface area (Å²) in [5, 5.41) is 14.3. The highest BCUT2D eigenvalue weighted by molar-refractivity contribution is 7.17. The summed E-state index contributed by atoms with van der Waals surface area (Å²) >= 11 is 1.27. The van der Waals surface area contributed by atoms with E-state index >= 15 is 0 Å². The van der Waals surface area contributed by atoms with E-state index in [0.717, 1.165) is 16.0 Å². The molecule has 154 valence electrons. The Bertz CT molecular complexity index is 1120. The molecule has 0 spiro atoms. The van der Waals surface area contributed by atoms with Gasteiger partial charge in [0.25, 0.3) is 5.69 Å². The number of nitrogens with one attached hydrogen (secondary N) is 1. The van der Waals surface area contributed by atoms with Gasteiger partial charge in [-0.2, -0.15) is 0 Å². The Morgan fingerprint density at radius 1 is 1.10 bits per heavy atom. The van der Waals surface area contributed by atoms with Crippen LogP contribution in [0.4, 0.5) is 10.7 Å². The summed E-state index contributed by atoms with van der Waals surface area (Å²) in [5.74, 6) is -1.01. The van der Waals surface area contributed by atoms with Crippen molar-refractivity contribution >= 4 is 33.9 Å². The van der Waals surface area contributed by atoms with Gasteiger partial charge in [-0.3, -0.25) is 14.9 Å². The fourth-order valence-electron chi connectivity index (χ4n) is 3.18. The van der Waals surface area contributed by atoms with Gasteiger partial charge in [-0.15, -0.1) is 11.3 Å². The Kier molecular flexibility index (Phi) is 6.27. The van der Waals surface area contributed by atoms with Crippen molar-refractivity contribution in [1.29, 1.82) is 0 Å². The number of para-hydroxylation sites is 1. The molecule has 1 aromatic heterocycles. The number of thiophene rings is 1. The van der Waals surface area contributed by atoms with Gasteiger partial charge >= 0.3 is 5.97 Å². The number of carbonyl (C=O) groups is 2. The van der Waals surface area contributed by atoms with Gasteiger partial charge in [-0.1, -0.05) is 48.0 Å². The van der Waals surface area contributed by atoms with Gasteiger partial charge in [0.1, 0.15) is 10.6 Å². The SMILES string of the molecule is COC(=O)c1c(NC(=O)Cc2ccccc2[N+](=O)[O-])sc(C)c1-c1ccc(C)cc1. The predicted molar refractivity (Wildman–Crippen MR) is 116 cm³/mol. The predicted octanol–water partition coefficient (Wildman–Crippen LogP) is 4.91. The summed E-state index contributed by atoms with van der Waals surface area (Å²) in [6.07, 6.45) is -0.186. The molecule has 0 saturated heterocycles. The quantitative estimate of drug-likeness (QED) is 0.344. The van der Waals surface area contributed by atoms with Gasteiger partial charge in [-0.05, 0) is 19.4 Å². The molecule has 3 aromatic rings. The van der Waals surface area contributed by atoms with Crippen LogP contribution in [0.25, 0.3) is 11.1 Å². The van der Waals surface area contributed by atoms with E-state index in [1.807, 2.05) is 38.1 Å². The molecular formula is C22H20N2O5S. The smallest absolute Gasteiger partial charge is 0.341 e. The van der Waals surface area contributed by atoms with Crippen LogP contribution in [-0.2, 0) is 16.0 Å². The second kappa shape index (κ2) is 8.87.